The number of hydrogen-bond donors (Lipinski definition) is 0. The highest BCUT2D eigenvalue weighted by Crippen LogP contribution is 2.31. The quantitative estimate of drug-likeness (QED) is 0.615. The average Bonchev–Trinajstić information content (AvgIpc) is 2.92. The van der Waals surface area contributed by atoms with E-state index in [2.05, 4.69) is 0 Å². The van der Waals surface area contributed by atoms with E-state index in [9.17, 15) is 9.59 Å². The van der Waals surface area contributed by atoms with Crippen molar-refractivity contribution in [1.82, 2.24) is 4.57 Å². The summed E-state index contributed by atoms with van der Waals surface area (Å²) in [5.74, 6) is -0.802. The van der Waals surface area contributed by atoms with Gasteiger partial charge < -0.3 is 4.57 Å². The lowest BCUT2D eigenvalue weighted by Gasteiger charge is -2.09. The first kappa shape index (κ1) is 15.6. The predicted molar refractivity (Wildman–Crippen MR) is 82.5 cm³/mol. The zero-order valence-corrected chi connectivity index (χ0v) is 13.7. The van der Waals surface area contributed by atoms with E-state index < -0.39 is 9.58 Å². The predicted octanol–water partition coefficient (Wildman–Crippen LogP) is 4.18. The van der Waals surface area contributed by atoms with Gasteiger partial charge in [0.25, 0.3) is 3.79 Å². The van der Waals surface area contributed by atoms with Crippen molar-refractivity contribution in [2.75, 3.05) is 0 Å². The Morgan fingerprint density at radius 1 is 1.30 bits per heavy atom. The van der Waals surface area contributed by atoms with Gasteiger partial charge in [-0.3, -0.25) is 9.59 Å². The Hall–Kier alpha value is -0.810. The van der Waals surface area contributed by atoms with Gasteiger partial charge in [0.1, 0.15) is 0 Å². The van der Waals surface area contributed by atoms with E-state index in [1.807, 2.05) is 18.4 Å². The largest absolute Gasteiger partial charge is 0.347 e. The topological polar surface area (TPSA) is 39.1 Å². The lowest BCUT2D eigenvalue weighted by Crippen LogP contribution is -2.21. The Labute approximate surface area is 135 Å². The van der Waals surface area contributed by atoms with E-state index in [0.717, 1.165) is 5.56 Å². The van der Waals surface area contributed by atoms with Crippen LogP contribution in [0.25, 0.3) is 0 Å². The molecule has 2 aromatic heterocycles. The first-order valence-electron chi connectivity index (χ1n) is 5.58. The Bertz CT molecular complexity index is 682. The number of hydrogen-bond acceptors (Lipinski definition) is 3. The van der Waals surface area contributed by atoms with Crippen LogP contribution in [0.3, 0.4) is 0 Å². The molecule has 0 aliphatic heterocycles. The zero-order valence-electron chi connectivity index (χ0n) is 10.6. The number of carbonyl (C=O) groups excluding carboxylic acids is 2. The molecule has 20 heavy (non-hydrogen) atoms. The molecule has 0 aliphatic carbocycles. The van der Waals surface area contributed by atoms with Gasteiger partial charge in [0.05, 0.1) is 10.6 Å². The fraction of sp³-hybridized carbons (Fsp3) is 0.231. The van der Waals surface area contributed by atoms with Crippen LogP contribution in [0.1, 0.15) is 31.3 Å². The molecule has 3 nitrogen and oxygen atoms in total. The van der Waals surface area contributed by atoms with Gasteiger partial charge in [0.15, 0.2) is 0 Å². The second-order valence-electron chi connectivity index (χ2n) is 4.31. The van der Waals surface area contributed by atoms with Crippen molar-refractivity contribution in [3.63, 3.8) is 0 Å². The van der Waals surface area contributed by atoms with Crippen LogP contribution in [0.4, 0.5) is 0 Å². The van der Waals surface area contributed by atoms with Crippen LogP contribution < -0.4 is 0 Å². The number of carbonyl (C=O) groups is 2. The number of rotatable bonds is 3. The third-order valence-corrected chi connectivity index (χ3v) is 4.36. The monoisotopic (exact) mass is 349 g/mol. The zero-order chi connectivity index (χ0) is 15.1. The van der Waals surface area contributed by atoms with Crippen molar-refractivity contribution in [2.45, 2.75) is 10.7 Å². The first-order chi connectivity index (χ1) is 9.21. The summed E-state index contributed by atoms with van der Waals surface area (Å²) >= 11 is 18.1. The van der Waals surface area contributed by atoms with Crippen molar-refractivity contribution in [2.24, 2.45) is 7.05 Å². The molecule has 0 spiro atoms. The Morgan fingerprint density at radius 2 is 1.95 bits per heavy atom. The number of aryl methyl sites for hydroxylation is 2. The molecule has 0 radical (unpaired) electrons. The van der Waals surface area contributed by atoms with Crippen molar-refractivity contribution < 1.29 is 9.59 Å². The second kappa shape index (κ2) is 5.53. The van der Waals surface area contributed by atoms with Gasteiger partial charge in [-0.1, -0.05) is 34.8 Å². The number of halogens is 3. The molecule has 0 bridgehead atoms. The third kappa shape index (κ3) is 2.93. The summed E-state index contributed by atoms with van der Waals surface area (Å²) in [5.41, 5.74) is 1.48. The van der Waals surface area contributed by atoms with Crippen LogP contribution in [0.2, 0.25) is 0 Å². The van der Waals surface area contributed by atoms with Crippen LogP contribution in [0, 0.1) is 6.92 Å². The summed E-state index contributed by atoms with van der Waals surface area (Å²) in [6.07, 6.45) is 1.56. The Balaban J connectivity index is 2.40. The smallest absolute Gasteiger partial charge is 0.255 e. The van der Waals surface area contributed by atoms with Gasteiger partial charge >= 0.3 is 0 Å². The molecule has 0 amide bonds. The van der Waals surface area contributed by atoms with Gasteiger partial charge in [-0.25, -0.2) is 0 Å². The maximum absolute atomic E-state index is 12.4. The molecule has 0 saturated heterocycles. The summed E-state index contributed by atoms with van der Waals surface area (Å²) in [6.45, 7) is 1.86. The van der Waals surface area contributed by atoms with E-state index in [0.29, 0.717) is 10.4 Å². The molecule has 0 unspecified atom stereocenters. The minimum Gasteiger partial charge on any atom is -0.347 e. The van der Waals surface area contributed by atoms with Crippen molar-refractivity contribution in [3.05, 3.63) is 45.4 Å². The second-order valence-corrected chi connectivity index (χ2v) is 7.51. The van der Waals surface area contributed by atoms with Crippen LogP contribution in [-0.2, 0) is 7.05 Å². The van der Waals surface area contributed by atoms with E-state index >= 15 is 0 Å². The van der Waals surface area contributed by atoms with E-state index in [4.69, 9.17) is 34.8 Å². The molecule has 0 atom stereocenters. The van der Waals surface area contributed by atoms with Gasteiger partial charge in [-0.05, 0) is 30.0 Å². The van der Waals surface area contributed by atoms with E-state index in [-0.39, 0.29) is 11.5 Å². The highest BCUT2D eigenvalue weighted by atomic mass is 35.6. The number of alkyl halides is 3. The van der Waals surface area contributed by atoms with Gasteiger partial charge in [-0.2, -0.15) is 0 Å². The Kier molecular flexibility index (Phi) is 4.30. The minimum absolute atomic E-state index is 0.142. The van der Waals surface area contributed by atoms with Crippen LogP contribution >= 0.6 is 46.1 Å². The third-order valence-electron chi connectivity index (χ3n) is 2.83. The fourth-order valence-corrected chi connectivity index (χ4v) is 2.97. The van der Waals surface area contributed by atoms with E-state index in [1.165, 1.54) is 22.0 Å². The summed E-state index contributed by atoms with van der Waals surface area (Å²) in [6, 6.07) is 3.32. The van der Waals surface area contributed by atoms with Crippen molar-refractivity contribution >= 4 is 57.7 Å². The van der Waals surface area contributed by atoms with E-state index in [1.54, 1.807) is 13.2 Å². The molecule has 2 rings (SSSR count). The first-order valence-corrected chi connectivity index (χ1v) is 7.60. The standard InChI is InChI=1S/C13H10Cl3NO2S/c1-7-3-4-20-11(7)10(18)8-5-9(17(2)6-8)12(19)13(14,15)16/h3-6H,1-2H3. The maximum atomic E-state index is 12.4. The summed E-state index contributed by atoms with van der Waals surface area (Å²) in [5, 5.41) is 1.85. The molecule has 106 valence electrons. The van der Waals surface area contributed by atoms with Crippen molar-refractivity contribution in [3.8, 4) is 0 Å². The summed E-state index contributed by atoms with van der Waals surface area (Å²) in [4.78, 5) is 24.9. The van der Waals surface area contributed by atoms with Crippen LogP contribution in [0.5, 0.6) is 0 Å². The van der Waals surface area contributed by atoms with Gasteiger partial charge in [0.2, 0.25) is 11.6 Å². The van der Waals surface area contributed by atoms with Gasteiger partial charge in [-0.15, -0.1) is 11.3 Å². The molecule has 0 N–H and O–H groups in total. The fourth-order valence-electron chi connectivity index (χ4n) is 1.80. The lowest BCUT2D eigenvalue weighted by atomic mass is 10.1. The highest BCUT2D eigenvalue weighted by Gasteiger charge is 2.34. The maximum Gasteiger partial charge on any atom is 0.255 e. The normalized spacial score (nSPS) is 11.7. The number of thiophene rings is 1. The Morgan fingerprint density at radius 3 is 2.45 bits per heavy atom. The molecule has 0 aliphatic rings. The summed E-state index contributed by atoms with van der Waals surface area (Å²) < 4.78 is -0.550. The number of ketones is 2. The van der Waals surface area contributed by atoms with Crippen molar-refractivity contribution in [1.29, 1.82) is 0 Å². The minimum atomic E-state index is -2.04. The molecule has 0 saturated carbocycles. The average molecular weight is 351 g/mol. The number of aromatic nitrogens is 1. The molecule has 2 heterocycles. The number of nitrogens with zero attached hydrogens (tertiary/aromatic N) is 1. The molecule has 0 aromatic carbocycles. The lowest BCUT2D eigenvalue weighted by molar-refractivity contribution is 0.0988. The van der Waals surface area contributed by atoms with Gasteiger partial charge in [0, 0.05) is 18.8 Å². The van der Waals surface area contributed by atoms with Crippen LogP contribution in [-0.4, -0.2) is 19.9 Å². The van der Waals surface area contributed by atoms with Crippen LogP contribution in [0.15, 0.2) is 23.7 Å². The number of Topliss-reactive ketones (excluding diaryl/α,β-unsaturated/α-hetero) is 1. The molecule has 2 aromatic rings. The molecule has 7 heteroatoms. The molecular formula is C13H10Cl3NO2S. The molecular weight excluding hydrogens is 341 g/mol. The summed E-state index contributed by atoms with van der Waals surface area (Å²) in [7, 11) is 1.63. The molecule has 0 fully saturated rings. The SMILES string of the molecule is Cc1ccsc1C(=O)c1cc(C(=O)C(Cl)(Cl)Cl)n(C)c1. The highest BCUT2D eigenvalue weighted by molar-refractivity contribution is 7.12.